The number of fused-ring (bicyclic) bond motifs is 1. The molecular formula is C19H20N2O2S2. The first-order chi connectivity index (χ1) is 12.1. The third-order valence-corrected chi connectivity index (χ3v) is 6.07. The third kappa shape index (κ3) is 4.80. The van der Waals surface area contributed by atoms with Crippen molar-refractivity contribution in [1.29, 1.82) is 0 Å². The van der Waals surface area contributed by atoms with Gasteiger partial charge in [-0.15, -0.1) is 23.5 Å². The van der Waals surface area contributed by atoms with Gasteiger partial charge in [0.05, 0.1) is 10.9 Å². The van der Waals surface area contributed by atoms with E-state index in [-0.39, 0.29) is 17.1 Å². The van der Waals surface area contributed by atoms with Crippen molar-refractivity contribution in [3.05, 3.63) is 54.1 Å². The summed E-state index contributed by atoms with van der Waals surface area (Å²) in [6, 6.07) is 15.7. The summed E-state index contributed by atoms with van der Waals surface area (Å²) in [4.78, 5) is 26.3. The molecule has 3 rings (SSSR count). The van der Waals surface area contributed by atoms with Gasteiger partial charge in [-0.2, -0.15) is 0 Å². The number of anilines is 1. The lowest BCUT2D eigenvalue weighted by Gasteiger charge is -2.21. The summed E-state index contributed by atoms with van der Waals surface area (Å²) >= 11 is 3.30. The first-order valence-electron chi connectivity index (χ1n) is 8.21. The standard InChI is InChI=1S/C19H20N2O2S2/c1-13-18(22)21-16-12-14(8-9-17(16)25-13)19(23)20-10-5-11-24-15-6-3-2-4-7-15/h2-4,6-9,12-13H,5,10-11H2,1H3,(H,20,23)(H,21,22). The monoisotopic (exact) mass is 372 g/mol. The number of thioether (sulfide) groups is 2. The van der Waals surface area contributed by atoms with Crippen molar-refractivity contribution in [1.82, 2.24) is 5.32 Å². The Labute approximate surface area is 156 Å². The average Bonchev–Trinajstić information content (AvgIpc) is 2.63. The first kappa shape index (κ1) is 17.9. The maximum atomic E-state index is 12.3. The van der Waals surface area contributed by atoms with Crippen molar-refractivity contribution in [3.8, 4) is 0 Å². The van der Waals surface area contributed by atoms with Gasteiger partial charge < -0.3 is 10.6 Å². The van der Waals surface area contributed by atoms with Crippen molar-refractivity contribution in [2.45, 2.75) is 28.4 Å². The van der Waals surface area contributed by atoms with Crippen LogP contribution in [0.3, 0.4) is 0 Å². The Morgan fingerprint density at radius 2 is 2.04 bits per heavy atom. The molecule has 6 heteroatoms. The van der Waals surface area contributed by atoms with Crippen LogP contribution in [-0.2, 0) is 4.79 Å². The normalized spacial score (nSPS) is 16.0. The minimum absolute atomic E-state index is 0.0204. The molecule has 25 heavy (non-hydrogen) atoms. The molecule has 1 unspecified atom stereocenters. The van der Waals surface area contributed by atoms with Crippen molar-refractivity contribution in [2.24, 2.45) is 0 Å². The lowest BCUT2D eigenvalue weighted by Crippen LogP contribution is -2.28. The Bertz CT molecular complexity index is 765. The number of carbonyl (C=O) groups is 2. The van der Waals surface area contributed by atoms with Crippen LogP contribution < -0.4 is 10.6 Å². The second-order valence-electron chi connectivity index (χ2n) is 5.73. The molecule has 2 N–H and O–H groups in total. The van der Waals surface area contributed by atoms with Crippen molar-refractivity contribution in [2.75, 3.05) is 17.6 Å². The molecule has 1 heterocycles. The van der Waals surface area contributed by atoms with E-state index in [0.717, 1.165) is 22.8 Å². The minimum Gasteiger partial charge on any atom is -0.352 e. The summed E-state index contributed by atoms with van der Waals surface area (Å²) in [5.41, 5.74) is 1.30. The van der Waals surface area contributed by atoms with Gasteiger partial charge in [-0.1, -0.05) is 18.2 Å². The lowest BCUT2D eigenvalue weighted by molar-refractivity contribution is -0.115. The van der Waals surface area contributed by atoms with Gasteiger partial charge in [-0.3, -0.25) is 9.59 Å². The molecule has 130 valence electrons. The largest absolute Gasteiger partial charge is 0.352 e. The molecule has 0 radical (unpaired) electrons. The number of hydrogen-bond acceptors (Lipinski definition) is 4. The molecule has 4 nitrogen and oxygen atoms in total. The van der Waals surface area contributed by atoms with Crippen LogP contribution in [0, 0.1) is 0 Å². The van der Waals surface area contributed by atoms with Crippen molar-refractivity contribution >= 4 is 41.0 Å². The SMILES string of the molecule is CC1Sc2ccc(C(=O)NCCCSc3ccccc3)cc2NC1=O. The molecule has 0 saturated heterocycles. The number of benzene rings is 2. The summed E-state index contributed by atoms with van der Waals surface area (Å²) in [6.45, 7) is 2.50. The summed E-state index contributed by atoms with van der Waals surface area (Å²) < 4.78 is 0. The maximum Gasteiger partial charge on any atom is 0.251 e. The first-order valence-corrected chi connectivity index (χ1v) is 10.1. The number of carbonyl (C=O) groups excluding carboxylic acids is 2. The molecule has 0 saturated carbocycles. The van der Waals surface area contributed by atoms with E-state index in [1.54, 1.807) is 17.8 Å². The van der Waals surface area contributed by atoms with E-state index in [4.69, 9.17) is 0 Å². The fourth-order valence-corrected chi connectivity index (χ4v) is 4.24. The second-order valence-corrected chi connectivity index (χ2v) is 8.28. The van der Waals surface area contributed by atoms with Gasteiger partial charge in [0.2, 0.25) is 5.91 Å². The summed E-state index contributed by atoms with van der Waals surface area (Å²) in [6.07, 6.45) is 0.903. The molecule has 1 aliphatic rings. The molecule has 2 aromatic carbocycles. The van der Waals surface area contributed by atoms with Gasteiger partial charge in [-0.05, 0) is 49.4 Å². The van der Waals surface area contributed by atoms with Crippen LogP contribution >= 0.6 is 23.5 Å². The molecule has 1 atom stereocenters. The Balaban J connectivity index is 1.47. The average molecular weight is 373 g/mol. The van der Waals surface area contributed by atoms with E-state index in [1.807, 2.05) is 37.3 Å². The highest BCUT2D eigenvalue weighted by atomic mass is 32.2. The zero-order chi connectivity index (χ0) is 17.6. The van der Waals surface area contributed by atoms with Crippen LogP contribution in [0.25, 0.3) is 0 Å². The van der Waals surface area contributed by atoms with Gasteiger partial charge in [0.25, 0.3) is 5.91 Å². The predicted molar refractivity (Wildman–Crippen MR) is 105 cm³/mol. The smallest absolute Gasteiger partial charge is 0.251 e. The molecule has 0 fully saturated rings. The second kappa shape index (κ2) is 8.45. The molecule has 0 aromatic heterocycles. The Hall–Kier alpha value is -1.92. The van der Waals surface area contributed by atoms with E-state index < -0.39 is 0 Å². The molecule has 1 aliphatic heterocycles. The molecule has 0 bridgehead atoms. The fourth-order valence-electron chi connectivity index (χ4n) is 2.43. The maximum absolute atomic E-state index is 12.3. The zero-order valence-electron chi connectivity index (χ0n) is 14.0. The van der Waals surface area contributed by atoms with Crippen molar-refractivity contribution in [3.63, 3.8) is 0 Å². The summed E-state index contributed by atoms with van der Waals surface area (Å²) in [5.74, 6) is 0.831. The summed E-state index contributed by atoms with van der Waals surface area (Å²) in [7, 11) is 0. The van der Waals surface area contributed by atoms with Gasteiger partial charge >= 0.3 is 0 Å². The zero-order valence-corrected chi connectivity index (χ0v) is 15.6. The van der Waals surface area contributed by atoms with Crippen LogP contribution in [0.5, 0.6) is 0 Å². The van der Waals surface area contributed by atoms with Crippen LogP contribution in [0.4, 0.5) is 5.69 Å². The van der Waals surface area contributed by atoms with Crippen LogP contribution in [0.15, 0.2) is 58.3 Å². The van der Waals surface area contributed by atoms with Gasteiger partial charge in [-0.25, -0.2) is 0 Å². The molecule has 2 aromatic rings. The van der Waals surface area contributed by atoms with Crippen LogP contribution in [-0.4, -0.2) is 29.4 Å². The topological polar surface area (TPSA) is 58.2 Å². The van der Waals surface area contributed by atoms with E-state index >= 15 is 0 Å². The molecule has 2 amide bonds. The quantitative estimate of drug-likeness (QED) is 0.594. The molecular weight excluding hydrogens is 352 g/mol. The Morgan fingerprint density at radius 1 is 1.24 bits per heavy atom. The molecule has 0 aliphatic carbocycles. The Kier molecular flexibility index (Phi) is 6.04. The van der Waals surface area contributed by atoms with Gasteiger partial charge in [0.15, 0.2) is 0 Å². The number of rotatable bonds is 6. The van der Waals surface area contributed by atoms with Crippen molar-refractivity contribution < 1.29 is 9.59 Å². The number of hydrogen-bond donors (Lipinski definition) is 2. The van der Waals surface area contributed by atoms with Gasteiger partial charge in [0.1, 0.15) is 0 Å². The highest BCUT2D eigenvalue weighted by Gasteiger charge is 2.23. The van der Waals surface area contributed by atoms with Crippen LogP contribution in [0.2, 0.25) is 0 Å². The summed E-state index contributed by atoms with van der Waals surface area (Å²) in [5, 5.41) is 5.69. The number of amides is 2. The van der Waals surface area contributed by atoms with E-state index in [1.165, 1.54) is 16.7 Å². The van der Waals surface area contributed by atoms with Crippen LogP contribution in [0.1, 0.15) is 23.7 Å². The third-order valence-electron chi connectivity index (χ3n) is 3.79. The Morgan fingerprint density at radius 3 is 2.84 bits per heavy atom. The number of nitrogens with one attached hydrogen (secondary N) is 2. The minimum atomic E-state index is -0.106. The highest BCUT2D eigenvalue weighted by molar-refractivity contribution is 8.01. The lowest BCUT2D eigenvalue weighted by atomic mass is 10.1. The van der Waals surface area contributed by atoms with E-state index in [9.17, 15) is 9.59 Å². The molecule has 0 spiro atoms. The van der Waals surface area contributed by atoms with Gasteiger partial charge in [0, 0.05) is 21.9 Å². The highest BCUT2D eigenvalue weighted by Crippen LogP contribution is 2.35. The van der Waals surface area contributed by atoms with E-state index in [2.05, 4.69) is 22.8 Å². The van der Waals surface area contributed by atoms with E-state index in [0.29, 0.717) is 12.1 Å². The fraction of sp³-hybridized carbons (Fsp3) is 0.263. The predicted octanol–water partition coefficient (Wildman–Crippen LogP) is 4.03.